The van der Waals surface area contributed by atoms with E-state index in [1.54, 1.807) is 18.9 Å². The van der Waals surface area contributed by atoms with Crippen molar-refractivity contribution < 1.29 is 14.2 Å². The zero-order valence-electron chi connectivity index (χ0n) is 27.2. The number of nitrogens with zero attached hydrogens (tertiary/aromatic N) is 4. The van der Waals surface area contributed by atoms with Crippen LogP contribution in [0.25, 0.3) is 44.4 Å². The molecule has 0 unspecified atom stereocenters. The number of rotatable bonds is 7. The predicted molar refractivity (Wildman–Crippen MR) is 184 cm³/mol. The molecule has 230 valence electrons. The molecule has 7 nitrogen and oxygen atoms in total. The fourth-order valence-corrected chi connectivity index (χ4v) is 6.41. The summed E-state index contributed by atoms with van der Waals surface area (Å²) in [6.45, 7) is 10.6. The van der Waals surface area contributed by atoms with Crippen LogP contribution in [0.3, 0.4) is 0 Å². The van der Waals surface area contributed by atoms with E-state index in [2.05, 4.69) is 87.7 Å². The summed E-state index contributed by atoms with van der Waals surface area (Å²) in [5.41, 5.74) is 10.7. The van der Waals surface area contributed by atoms with Crippen molar-refractivity contribution in [2.24, 2.45) is 0 Å². The van der Waals surface area contributed by atoms with Gasteiger partial charge in [0.1, 0.15) is 22.9 Å². The molecular formula is C39H36N4O3. The van der Waals surface area contributed by atoms with Crippen LogP contribution in [0.4, 0.5) is 0 Å². The van der Waals surface area contributed by atoms with E-state index in [-0.39, 0.29) is 0 Å². The van der Waals surface area contributed by atoms with Crippen molar-refractivity contribution in [3.63, 3.8) is 0 Å². The first-order valence-corrected chi connectivity index (χ1v) is 15.3. The maximum absolute atomic E-state index is 6.50. The van der Waals surface area contributed by atoms with E-state index >= 15 is 0 Å². The Morgan fingerprint density at radius 3 is 2.11 bits per heavy atom. The number of aryl methyl sites for hydroxylation is 3. The Morgan fingerprint density at radius 1 is 0.630 bits per heavy atom. The van der Waals surface area contributed by atoms with Gasteiger partial charge in [0.25, 0.3) is 0 Å². The van der Waals surface area contributed by atoms with Crippen LogP contribution in [-0.2, 0) is 0 Å². The van der Waals surface area contributed by atoms with Gasteiger partial charge in [-0.05, 0) is 110 Å². The molecule has 0 bridgehead atoms. The predicted octanol–water partition coefficient (Wildman–Crippen LogP) is 9.38. The third-order valence-electron chi connectivity index (χ3n) is 8.89. The molecular weight excluding hydrogens is 572 g/mol. The van der Waals surface area contributed by atoms with Crippen LogP contribution in [-0.4, -0.2) is 33.6 Å². The molecule has 0 fully saturated rings. The average Bonchev–Trinajstić information content (AvgIpc) is 3.59. The first-order chi connectivity index (χ1) is 22.3. The van der Waals surface area contributed by atoms with Crippen molar-refractivity contribution in [2.45, 2.75) is 34.6 Å². The molecule has 0 aliphatic rings. The highest BCUT2D eigenvalue weighted by Crippen LogP contribution is 2.44. The van der Waals surface area contributed by atoms with Crippen molar-refractivity contribution in [2.75, 3.05) is 14.2 Å². The Balaban J connectivity index is 1.32. The van der Waals surface area contributed by atoms with Gasteiger partial charge < -0.3 is 14.2 Å². The van der Waals surface area contributed by atoms with Gasteiger partial charge in [-0.3, -0.25) is 4.57 Å². The van der Waals surface area contributed by atoms with Crippen molar-refractivity contribution in [3.05, 3.63) is 119 Å². The molecule has 3 aromatic heterocycles. The minimum Gasteiger partial charge on any atom is -0.480 e. The molecule has 0 saturated heterocycles. The normalized spacial score (nSPS) is 11.4. The summed E-state index contributed by atoms with van der Waals surface area (Å²) < 4.78 is 22.3. The zero-order valence-corrected chi connectivity index (χ0v) is 27.2. The Morgan fingerprint density at radius 2 is 1.37 bits per heavy atom. The molecule has 0 atom stereocenters. The number of aromatic nitrogens is 4. The average molecular weight is 609 g/mol. The maximum atomic E-state index is 6.50. The van der Waals surface area contributed by atoms with E-state index in [0.717, 1.165) is 44.6 Å². The summed E-state index contributed by atoms with van der Waals surface area (Å²) >= 11 is 0. The Kier molecular flexibility index (Phi) is 7.24. The largest absolute Gasteiger partial charge is 0.480 e. The minimum atomic E-state index is 0.502. The lowest BCUT2D eigenvalue weighted by atomic mass is 9.90. The smallest absolute Gasteiger partial charge is 0.245 e. The van der Waals surface area contributed by atoms with E-state index in [4.69, 9.17) is 24.3 Å². The minimum absolute atomic E-state index is 0.502. The van der Waals surface area contributed by atoms with Gasteiger partial charge in [-0.25, -0.2) is 4.98 Å². The Hall–Kier alpha value is -5.56. The monoisotopic (exact) mass is 608 g/mol. The summed E-state index contributed by atoms with van der Waals surface area (Å²) in [6, 6.07) is 28.8. The molecule has 0 spiro atoms. The summed E-state index contributed by atoms with van der Waals surface area (Å²) in [4.78, 5) is 4.71. The van der Waals surface area contributed by atoms with Gasteiger partial charge >= 0.3 is 0 Å². The summed E-state index contributed by atoms with van der Waals surface area (Å²) in [7, 11) is 3.31. The highest BCUT2D eigenvalue weighted by atomic mass is 16.5. The van der Waals surface area contributed by atoms with Gasteiger partial charge in [0.2, 0.25) is 11.8 Å². The van der Waals surface area contributed by atoms with Gasteiger partial charge in [0.05, 0.1) is 30.9 Å². The third kappa shape index (κ3) is 4.76. The molecule has 46 heavy (non-hydrogen) atoms. The van der Waals surface area contributed by atoms with Crippen LogP contribution in [0, 0.1) is 34.6 Å². The molecule has 0 aliphatic heterocycles. The highest BCUT2D eigenvalue weighted by Gasteiger charge is 2.26. The van der Waals surface area contributed by atoms with Crippen LogP contribution in [0.15, 0.2) is 91.1 Å². The van der Waals surface area contributed by atoms with Crippen LogP contribution in [0.1, 0.15) is 27.8 Å². The summed E-state index contributed by atoms with van der Waals surface area (Å²) in [6.07, 6.45) is 1.85. The molecule has 0 N–H and O–H groups in total. The lowest BCUT2D eigenvalue weighted by molar-refractivity contribution is 0.382. The van der Waals surface area contributed by atoms with Crippen LogP contribution < -0.4 is 14.2 Å². The molecule has 7 rings (SSSR count). The maximum Gasteiger partial charge on any atom is 0.245 e. The van der Waals surface area contributed by atoms with Crippen molar-refractivity contribution in [1.82, 2.24) is 19.3 Å². The molecule has 0 amide bonds. The van der Waals surface area contributed by atoms with E-state index in [9.17, 15) is 0 Å². The van der Waals surface area contributed by atoms with Crippen molar-refractivity contribution in [1.29, 1.82) is 0 Å². The van der Waals surface area contributed by atoms with Crippen LogP contribution in [0.5, 0.6) is 23.3 Å². The fourth-order valence-electron chi connectivity index (χ4n) is 6.41. The van der Waals surface area contributed by atoms with Crippen LogP contribution in [0.2, 0.25) is 0 Å². The second kappa shape index (κ2) is 11.4. The number of hydrogen-bond acceptors (Lipinski definition) is 5. The molecule has 0 radical (unpaired) electrons. The number of hydrogen-bond donors (Lipinski definition) is 0. The standard InChI is InChI=1S/C39H36N4O3/c1-23-17-18-40-35(19-23)42-33-14-9-8-13-31(33)32-16-15-30(22-34(32)42)46-29-12-10-11-28(21-29)43-39(45-7)37(38(41-43)44-6)36-26(4)24(2)20-25(3)27(36)5/h8-22H,1-7H3. The Bertz CT molecular complexity index is 2250. The van der Waals surface area contributed by atoms with Crippen molar-refractivity contribution in [3.8, 4) is 45.9 Å². The quantitative estimate of drug-likeness (QED) is 0.180. The lowest BCUT2D eigenvalue weighted by Gasteiger charge is -2.16. The molecule has 3 heterocycles. The second-order valence-electron chi connectivity index (χ2n) is 11.8. The van der Waals surface area contributed by atoms with Gasteiger partial charge in [-0.15, -0.1) is 5.10 Å². The van der Waals surface area contributed by atoms with E-state index < -0.39 is 0 Å². The number of methoxy groups -OCH3 is 2. The van der Waals surface area contributed by atoms with E-state index in [0.29, 0.717) is 23.3 Å². The van der Waals surface area contributed by atoms with Gasteiger partial charge in [0, 0.05) is 29.1 Å². The van der Waals surface area contributed by atoms with E-state index in [1.807, 2.05) is 42.6 Å². The number of pyridine rings is 1. The first-order valence-electron chi connectivity index (χ1n) is 15.3. The number of benzene rings is 4. The van der Waals surface area contributed by atoms with Crippen molar-refractivity contribution >= 4 is 21.8 Å². The zero-order chi connectivity index (χ0) is 32.1. The molecule has 0 aliphatic carbocycles. The first kappa shape index (κ1) is 29.2. The van der Waals surface area contributed by atoms with Crippen LogP contribution >= 0.6 is 0 Å². The SMILES string of the molecule is COc1nn(-c2cccc(Oc3ccc4c5ccccc5n(-c5cc(C)ccn5)c4c3)c2)c(OC)c1-c1c(C)c(C)cc(C)c1C. The third-order valence-corrected chi connectivity index (χ3v) is 8.89. The number of fused-ring (bicyclic) bond motifs is 3. The highest BCUT2D eigenvalue weighted by molar-refractivity contribution is 6.09. The second-order valence-corrected chi connectivity index (χ2v) is 11.8. The lowest BCUT2D eigenvalue weighted by Crippen LogP contribution is -2.01. The molecule has 0 saturated carbocycles. The summed E-state index contributed by atoms with van der Waals surface area (Å²) in [5, 5.41) is 7.16. The molecule has 7 heteroatoms. The summed E-state index contributed by atoms with van der Waals surface area (Å²) in [5.74, 6) is 3.36. The number of ether oxygens (including phenoxy) is 3. The van der Waals surface area contributed by atoms with E-state index in [1.165, 1.54) is 27.6 Å². The van der Waals surface area contributed by atoms with Gasteiger partial charge in [-0.2, -0.15) is 4.68 Å². The number of para-hydroxylation sites is 1. The topological polar surface area (TPSA) is 63.3 Å². The molecule has 7 aromatic rings. The van der Waals surface area contributed by atoms with Gasteiger partial charge in [-0.1, -0.05) is 30.3 Å². The molecule has 4 aromatic carbocycles. The van der Waals surface area contributed by atoms with Gasteiger partial charge in [0.15, 0.2) is 0 Å². The fraction of sp³-hybridized carbons (Fsp3) is 0.179. The Labute approximate surface area is 268 Å².